The van der Waals surface area contributed by atoms with Crippen LogP contribution in [0.3, 0.4) is 0 Å². The molecule has 1 atom stereocenters. The molecule has 15 heavy (non-hydrogen) atoms. The van der Waals surface area contributed by atoms with Crippen molar-refractivity contribution in [1.82, 2.24) is 10.3 Å². The van der Waals surface area contributed by atoms with Gasteiger partial charge >= 0.3 is 0 Å². The predicted octanol–water partition coefficient (Wildman–Crippen LogP) is 1.39. The van der Waals surface area contributed by atoms with Crippen LogP contribution in [0, 0.1) is 5.82 Å². The highest BCUT2D eigenvalue weighted by molar-refractivity contribution is 5.80. The van der Waals surface area contributed by atoms with Crippen LogP contribution in [-0.4, -0.2) is 17.4 Å². The molecular weight excluding hydrogens is 195 g/mol. The van der Waals surface area contributed by atoms with Gasteiger partial charge in [0.2, 0.25) is 5.91 Å². The van der Waals surface area contributed by atoms with E-state index in [1.807, 2.05) is 6.92 Å². The van der Waals surface area contributed by atoms with Crippen molar-refractivity contribution in [2.24, 2.45) is 0 Å². The maximum atomic E-state index is 12.7. The molecule has 1 aromatic rings. The summed E-state index contributed by atoms with van der Waals surface area (Å²) in [4.78, 5) is 15.3. The Kier molecular flexibility index (Phi) is 2.42. The van der Waals surface area contributed by atoms with Crippen LogP contribution in [-0.2, 0) is 10.2 Å². The Labute approximate surface area is 87.7 Å². The third-order valence-corrected chi connectivity index (χ3v) is 3.07. The van der Waals surface area contributed by atoms with Gasteiger partial charge in [-0.3, -0.25) is 9.78 Å². The molecule has 1 N–H and O–H groups in total. The number of carbonyl (C=O) groups excluding carboxylic acids is 1. The number of rotatable bonds is 2. The molecule has 2 heterocycles. The van der Waals surface area contributed by atoms with Crippen LogP contribution in [0.4, 0.5) is 4.39 Å². The summed E-state index contributed by atoms with van der Waals surface area (Å²) in [6.07, 6.45) is 2.47. The van der Waals surface area contributed by atoms with E-state index in [9.17, 15) is 9.18 Å². The minimum atomic E-state index is -0.345. The third-order valence-electron chi connectivity index (χ3n) is 3.07. The fraction of sp³-hybridized carbons (Fsp3) is 0.455. The molecule has 2 rings (SSSR count). The smallest absolute Gasteiger partial charge is 0.221 e. The monoisotopic (exact) mass is 208 g/mol. The van der Waals surface area contributed by atoms with Crippen LogP contribution in [0.2, 0.25) is 0 Å². The molecule has 1 aliphatic rings. The molecular formula is C11H13FN2O. The molecule has 0 saturated carbocycles. The predicted molar refractivity (Wildman–Crippen MR) is 53.8 cm³/mol. The van der Waals surface area contributed by atoms with E-state index in [1.165, 1.54) is 12.3 Å². The molecule has 1 amide bonds. The van der Waals surface area contributed by atoms with Crippen molar-refractivity contribution >= 4 is 5.91 Å². The first kappa shape index (κ1) is 10.1. The first-order valence-electron chi connectivity index (χ1n) is 5.05. The second kappa shape index (κ2) is 3.61. The van der Waals surface area contributed by atoms with E-state index in [4.69, 9.17) is 0 Å². The lowest BCUT2D eigenvalue weighted by Crippen LogP contribution is -2.29. The highest BCUT2D eigenvalue weighted by atomic mass is 19.1. The minimum Gasteiger partial charge on any atom is -0.355 e. The molecule has 1 aliphatic heterocycles. The van der Waals surface area contributed by atoms with E-state index < -0.39 is 0 Å². The molecule has 0 bridgehead atoms. The Hall–Kier alpha value is -1.45. The molecule has 0 spiro atoms. The van der Waals surface area contributed by atoms with E-state index in [1.54, 1.807) is 6.07 Å². The largest absolute Gasteiger partial charge is 0.355 e. The molecule has 1 aromatic heterocycles. The van der Waals surface area contributed by atoms with Crippen LogP contribution in [0.5, 0.6) is 0 Å². The number of hydrogen-bond acceptors (Lipinski definition) is 2. The fourth-order valence-electron chi connectivity index (χ4n) is 2.00. The minimum absolute atomic E-state index is 0.0444. The summed E-state index contributed by atoms with van der Waals surface area (Å²) in [6.45, 7) is 2.62. The number of amides is 1. The number of hydrogen-bond donors (Lipinski definition) is 1. The maximum Gasteiger partial charge on any atom is 0.221 e. The van der Waals surface area contributed by atoms with Gasteiger partial charge in [0, 0.05) is 24.1 Å². The Morgan fingerprint density at radius 1 is 1.60 bits per heavy atom. The summed E-state index contributed by atoms with van der Waals surface area (Å²) < 4.78 is 12.7. The van der Waals surface area contributed by atoms with E-state index in [0.29, 0.717) is 13.0 Å². The number of pyridine rings is 1. The fourth-order valence-corrected chi connectivity index (χ4v) is 2.00. The lowest BCUT2D eigenvalue weighted by molar-refractivity contribution is -0.119. The number of carbonyl (C=O) groups is 1. The van der Waals surface area contributed by atoms with Crippen LogP contribution in [0.1, 0.15) is 25.5 Å². The van der Waals surface area contributed by atoms with Crippen molar-refractivity contribution in [2.45, 2.75) is 25.2 Å². The Bertz CT molecular complexity index is 377. The average Bonchev–Trinajstić information content (AvgIpc) is 2.62. The van der Waals surface area contributed by atoms with Gasteiger partial charge in [-0.15, -0.1) is 0 Å². The molecule has 80 valence electrons. The Morgan fingerprint density at radius 3 is 2.87 bits per heavy atom. The highest BCUT2D eigenvalue weighted by Gasteiger charge is 2.39. The van der Waals surface area contributed by atoms with E-state index in [0.717, 1.165) is 12.1 Å². The number of nitrogens with one attached hydrogen (secondary N) is 1. The molecule has 3 nitrogen and oxygen atoms in total. The van der Waals surface area contributed by atoms with E-state index in [-0.39, 0.29) is 17.1 Å². The number of nitrogens with zero attached hydrogens (tertiary/aromatic N) is 1. The van der Waals surface area contributed by atoms with Crippen LogP contribution >= 0.6 is 0 Å². The van der Waals surface area contributed by atoms with Gasteiger partial charge in [0.1, 0.15) is 5.82 Å². The lowest BCUT2D eigenvalue weighted by atomic mass is 9.80. The summed E-state index contributed by atoms with van der Waals surface area (Å²) in [5.74, 6) is -0.301. The molecule has 0 radical (unpaired) electrons. The number of aromatic nitrogens is 1. The Balaban J connectivity index is 2.34. The zero-order valence-electron chi connectivity index (χ0n) is 8.59. The van der Waals surface area contributed by atoms with Crippen LogP contribution in [0.15, 0.2) is 18.3 Å². The molecule has 4 heteroatoms. The van der Waals surface area contributed by atoms with E-state index >= 15 is 0 Å². The maximum absolute atomic E-state index is 12.7. The molecule has 0 aromatic carbocycles. The average molecular weight is 208 g/mol. The summed E-state index contributed by atoms with van der Waals surface area (Å²) in [6, 6.07) is 3.06. The SMILES string of the molecule is CCC1(c2ccc(F)cn2)CNC(=O)C1. The van der Waals surface area contributed by atoms with Gasteiger partial charge < -0.3 is 5.32 Å². The summed E-state index contributed by atoms with van der Waals surface area (Å²) >= 11 is 0. The van der Waals surface area contributed by atoms with Gasteiger partial charge in [-0.05, 0) is 18.6 Å². The zero-order valence-corrected chi connectivity index (χ0v) is 8.59. The van der Waals surface area contributed by atoms with Gasteiger partial charge in [0.05, 0.1) is 6.20 Å². The number of halogens is 1. The van der Waals surface area contributed by atoms with Gasteiger partial charge in [-0.2, -0.15) is 0 Å². The molecule has 1 saturated heterocycles. The second-order valence-electron chi connectivity index (χ2n) is 3.95. The van der Waals surface area contributed by atoms with Crippen molar-refractivity contribution in [3.8, 4) is 0 Å². The van der Waals surface area contributed by atoms with Gasteiger partial charge in [-0.1, -0.05) is 6.92 Å². The molecule has 0 aliphatic carbocycles. The van der Waals surface area contributed by atoms with Crippen molar-refractivity contribution in [1.29, 1.82) is 0 Å². The lowest BCUT2D eigenvalue weighted by Gasteiger charge is -2.24. The summed E-state index contributed by atoms with van der Waals surface area (Å²) in [5.41, 5.74) is 0.551. The zero-order chi connectivity index (χ0) is 10.9. The van der Waals surface area contributed by atoms with Gasteiger partial charge in [0.15, 0.2) is 0 Å². The van der Waals surface area contributed by atoms with Gasteiger partial charge in [-0.25, -0.2) is 4.39 Å². The summed E-state index contributed by atoms with van der Waals surface area (Å²) in [5, 5.41) is 2.80. The first-order chi connectivity index (χ1) is 7.16. The molecule has 1 fully saturated rings. The van der Waals surface area contributed by atoms with Crippen LogP contribution < -0.4 is 5.32 Å². The van der Waals surface area contributed by atoms with Crippen molar-refractivity contribution < 1.29 is 9.18 Å². The third kappa shape index (κ3) is 1.71. The van der Waals surface area contributed by atoms with E-state index in [2.05, 4.69) is 10.3 Å². The van der Waals surface area contributed by atoms with Crippen molar-refractivity contribution in [3.63, 3.8) is 0 Å². The first-order valence-corrected chi connectivity index (χ1v) is 5.05. The quantitative estimate of drug-likeness (QED) is 0.798. The highest BCUT2D eigenvalue weighted by Crippen LogP contribution is 2.33. The second-order valence-corrected chi connectivity index (χ2v) is 3.95. The van der Waals surface area contributed by atoms with Crippen molar-refractivity contribution in [2.75, 3.05) is 6.54 Å². The normalized spacial score (nSPS) is 25.3. The topological polar surface area (TPSA) is 42.0 Å². The molecule has 1 unspecified atom stereocenters. The van der Waals surface area contributed by atoms with Gasteiger partial charge in [0.25, 0.3) is 0 Å². The van der Waals surface area contributed by atoms with Crippen molar-refractivity contribution in [3.05, 3.63) is 29.8 Å². The summed E-state index contributed by atoms with van der Waals surface area (Å²) in [7, 11) is 0. The standard InChI is InChI=1S/C11H13FN2O/c1-2-11(5-10(15)14-7-11)9-4-3-8(12)6-13-9/h3-4,6H,2,5,7H2,1H3,(H,14,15). The van der Waals surface area contributed by atoms with Crippen LogP contribution in [0.25, 0.3) is 0 Å². The Morgan fingerprint density at radius 2 is 2.40 bits per heavy atom.